The molecule has 0 aromatic heterocycles. The Morgan fingerprint density at radius 2 is 1.94 bits per heavy atom. The maximum absolute atomic E-state index is 11.0. The van der Waals surface area contributed by atoms with Crippen molar-refractivity contribution in [3.63, 3.8) is 0 Å². The van der Waals surface area contributed by atoms with Crippen LogP contribution in [-0.2, 0) is 4.79 Å². The first kappa shape index (κ1) is 13.8. The summed E-state index contributed by atoms with van der Waals surface area (Å²) in [4.78, 5) is 11.0. The monoisotopic (exact) mass is 252 g/mol. The summed E-state index contributed by atoms with van der Waals surface area (Å²) in [6, 6.07) is 7.34. The summed E-state index contributed by atoms with van der Waals surface area (Å²) in [5.41, 5.74) is 1.81. The molecular weight excluding hydrogens is 236 g/mol. The number of benzene rings is 1. The minimum absolute atomic E-state index is 0.0475. The molecule has 0 amide bonds. The molecule has 1 aromatic carbocycles. The van der Waals surface area contributed by atoms with Gasteiger partial charge in [-0.3, -0.25) is 4.79 Å². The summed E-state index contributed by atoms with van der Waals surface area (Å²) in [6.07, 6.45) is 0.759. The van der Waals surface area contributed by atoms with E-state index in [1.807, 2.05) is 19.1 Å². The van der Waals surface area contributed by atoms with E-state index in [9.17, 15) is 4.79 Å². The zero-order valence-corrected chi connectivity index (χ0v) is 10.9. The average molecular weight is 253 g/mol. The van der Waals surface area contributed by atoms with Crippen molar-refractivity contribution < 1.29 is 9.90 Å². The Morgan fingerprint density at radius 1 is 1.41 bits per heavy atom. The molecule has 0 aliphatic carbocycles. The van der Waals surface area contributed by atoms with E-state index < -0.39 is 11.9 Å². The van der Waals surface area contributed by atoms with Gasteiger partial charge in [0.2, 0.25) is 0 Å². The average Bonchev–Trinajstić information content (AvgIpc) is 2.30. The maximum atomic E-state index is 11.0. The van der Waals surface area contributed by atoms with Crippen LogP contribution >= 0.6 is 11.6 Å². The van der Waals surface area contributed by atoms with Gasteiger partial charge >= 0.3 is 5.97 Å². The van der Waals surface area contributed by atoms with Crippen LogP contribution < -0.4 is 0 Å². The van der Waals surface area contributed by atoms with Crippen LogP contribution in [0.15, 0.2) is 30.8 Å². The molecule has 1 aromatic rings. The third kappa shape index (κ3) is 3.34. The largest absolute Gasteiger partial charge is 0.481 e. The highest BCUT2D eigenvalue weighted by Crippen LogP contribution is 2.31. The second kappa shape index (κ2) is 5.87. The van der Waals surface area contributed by atoms with Crippen LogP contribution in [0.3, 0.4) is 0 Å². The highest BCUT2D eigenvalue weighted by Gasteiger charge is 2.24. The predicted octanol–water partition coefficient (Wildman–Crippen LogP) is 4.10. The summed E-state index contributed by atoms with van der Waals surface area (Å²) < 4.78 is 0. The number of carbonyl (C=O) groups is 1. The molecule has 0 saturated carbocycles. The van der Waals surface area contributed by atoms with Gasteiger partial charge < -0.3 is 5.11 Å². The third-order valence-corrected chi connectivity index (χ3v) is 3.35. The van der Waals surface area contributed by atoms with Gasteiger partial charge in [-0.1, -0.05) is 44.2 Å². The van der Waals surface area contributed by atoms with Gasteiger partial charge in [-0.15, -0.1) is 0 Å². The molecule has 92 valence electrons. The Hall–Kier alpha value is -1.28. The van der Waals surface area contributed by atoms with E-state index in [0.717, 1.165) is 17.6 Å². The molecule has 2 atom stereocenters. The Kier molecular flexibility index (Phi) is 4.76. The van der Waals surface area contributed by atoms with Gasteiger partial charge in [0.1, 0.15) is 0 Å². The lowest BCUT2D eigenvalue weighted by Gasteiger charge is -2.22. The number of aliphatic carboxylic acids is 1. The lowest BCUT2D eigenvalue weighted by atomic mass is 9.82. The van der Waals surface area contributed by atoms with Gasteiger partial charge in [-0.05, 0) is 35.6 Å². The van der Waals surface area contributed by atoms with Crippen LogP contribution in [0.4, 0.5) is 0 Å². The molecule has 2 unspecified atom stereocenters. The summed E-state index contributed by atoms with van der Waals surface area (Å²) in [5, 5.41) is 9.73. The molecule has 2 nitrogen and oxygen atoms in total. The number of hydrogen-bond acceptors (Lipinski definition) is 1. The van der Waals surface area contributed by atoms with Gasteiger partial charge in [0.05, 0.1) is 5.92 Å². The molecule has 0 radical (unpaired) electrons. The second-order valence-corrected chi connectivity index (χ2v) is 4.61. The zero-order valence-electron chi connectivity index (χ0n) is 10.1. The van der Waals surface area contributed by atoms with Gasteiger partial charge in [0.15, 0.2) is 0 Å². The highest BCUT2D eigenvalue weighted by molar-refractivity contribution is 6.30. The molecule has 0 saturated heterocycles. The highest BCUT2D eigenvalue weighted by atomic mass is 35.5. The number of rotatable bonds is 5. The fourth-order valence-electron chi connectivity index (χ4n) is 1.95. The zero-order chi connectivity index (χ0) is 13.0. The fraction of sp³-hybridized carbons (Fsp3) is 0.357. The molecule has 1 rings (SSSR count). The van der Waals surface area contributed by atoms with E-state index in [-0.39, 0.29) is 5.92 Å². The number of carboxylic acid groups (broad SMARTS) is 1. The van der Waals surface area contributed by atoms with Crippen molar-refractivity contribution in [3.05, 3.63) is 41.4 Å². The van der Waals surface area contributed by atoms with Crippen molar-refractivity contribution in [1.82, 2.24) is 0 Å². The van der Waals surface area contributed by atoms with Crippen molar-refractivity contribution >= 4 is 23.1 Å². The quantitative estimate of drug-likeness (QED) is 0.857. The first-order valence-electron chi connectivity index (χ1n) is 5.65. The number of halogens is 1. The Labute approximate surface area is 107 Å². The lowest BCUT2D eigenvalue weighted by Crippen LogP contribution is -2.21. The van der Waals surface area contributed by atoms with Gasteiger partial charge in [-0.2, -0.15) is 0 Å². The van der Waals surface area contributed by atoms with E-state index in [2.05, 4.69) is 6.58 Å². The van der Waals surface area contributed by atoms with Gasteiger partial charge in [0, 0.05) is 5.02 Å². The topological polar surface area (TPSA) is 37.3 Å². The predicted molar refractivity (Wildman–Crippen MR) is 71.1 cm³/mol. The molecule has 0 aliphatic rings. The molecule has 0 bridgehead atoms. The van der Waals surface area contributed by atoms with Crippen molar-refractivity contribution in [2.75, 3.05) is 0 Å². The van der Waals surface area contributed by atoms with E-state index in [0.29, 0.717) is 5.02 Å². The van der Waals surface area contributed by atoms with E-state index in [1.165, 1.54) is 0 Å². The molecule has 0 spiro atoms. The summed E-state index contributed by atoms with van der Waals surface area (Å²) >= 11 is 5.82. The number of allylic oxidation sites excluding steroid dienone is 1. The van der Waals surface area contributed by atoms with Crippen LogP contribution in [0, 0.1) is 11.8 Å². The first-order chi connectivity index (χ1) is 7.97. The van der Waals surface area contributed by atoms with E-state index in [1.54, 1.807) is 19.1 Å². The molecule has 0 fully saturated rings. The normalized spacial score (nSPS) is 14.1. The third-order valence-electron chi connectivity index (χ3n) is 3.10. The summed E-state index contributed by atoms with van der Waals surface area (Å²) in [6.45, 7) is 7.72. The van der Waals surface area contributed by atoms with Crippen molar-refractivity contribution in [3.8, 4) is 0 Å². The minimum Gasteiger partial charge on any atom is -0.481 e. The molecule has 3 heteroatoms. The van der Waals surface area contributed by atoms with E-state index >= 15 is 0 Å². The molecule has 0 aliphatic heterocycles. The lowest BCUT2D eigenvalue weighted by molar-refractivity contribution is -0.142. The smallest absolute Gasteiger partial charge is 0.306 e. The van der Waals surface area contributed by atoms with Crippen LogP contribution in [0.5, 0.6) is 0 Å². The van der Waals surface area contributed by atoms with Crippen molar-refractivity contribution in [2.24, 2.45) is 11.8 Å². The molecular formula is C14H17ClO2. The molecule has 1 N–H and O–H groups in total. The number of carboxylic acids is 1. The standard InChI is InChI=1S/C14H17ClO2/c1-4-13(10(3)14(16)17)9(2)11-5-7-12(15)8-6-11/h5-8,10,13H,2,4H2,1,3H3,(H,16,17). The fourth-order valence-corrected chi connectivity index (χ4v) is 2.08. The summed E-state index contributed by atoms with van der Waals surface area (Å²) in [5.74, 6) is -1.26. The van der Waals surface area contributed by atoms with Gasteiger partial charge in [-0.25, -0.2) is 0 Å². The van der Waals surface area contributed by atoms with Crippen LogP contribution in [0.2, 0.25) is 5.02 Å². The summed E-state index contributed by atoms with van der Waals surface area (Å²) in [7, 11) is 0. The minimum atomic E-state index is -0.785. The first-order valence-corrected chi connectivity index (χ1v) is 6.02. The number of hydrogen-bond donors (Lipinski definition) is 1. The maximum Gasteiger partial charge on any atom is 0.306 e. The van der Waals surface area contributed by atoms with Gasteiger partial charge in [0.25, 0.3) is 0 Å². The Balaban J connectivity index is 2.93. The second-order valence-electron chi connectivity index (χ2n) is 4.17. The van der Waals surface area contributed by atoms with Crippen LogP contribution in [0.25, 0.3) is 5.57 Å². The van der Waals surface area contributed by atoms with E-state index in [4.69, 9.17) is 16.7 Å². The van der Waals surface area contributed by atoms with Crippen molar-refractivity contribution in [1.29, 1.82) is 0 Å². The van der Waals surface area contributed by atoms with Crippen LogP contribution in [-0.4, -0.2) is 11.1 Å². The Morgan fingerprint density at radius 3 is 2.35 bits per heavy atom. The van der Waals surface area contributed by atoms with Crippen molar-refractivity contribution in [2.45, 2.75) is 20.3 Å². The SMILES string of the molecule is C=C(c1ccc(Cl)cc1)C(CC)C(C)C(=O)O. The van der Waals surface area contributed by atoms with Crippen LogP contribution in [0.1, 0.15) is 25.8 Å². The molecule has 17 heavy (non-hydrogen) atoms. The molecule has 0 heterocycles. The Bertz CT molecular complexity index is 409.